The highest BCUT2D eigenvalue weighted by Crippen LogP contribution is 2.19. The zero-order valence-electron chi connectivity index (χ0n) is 7.73. The van der Waals surface area contributed by atoms with Crippen LogP contribution < -0.4 is 4.90 Å². The highest BCUT2D eigenvalue weighted by Gasteiger charge is 1.99. The molecule has 1 heterocycles. The summed E-state index contributed by atoms with van der Waals surface area (Å²) in [5.74, 6) is 0. The zero-order chi connectivity index (χ0) is 7.40. The van der Waals surface area contributed by atoms with Crippen molar-refractivity contribution in [1.29, 1.82) is 0 Å². The molecule has 0 N–H and O–H groups in total. The molecule has 1 nitrogen and oxygen atoms in total. The molecule has 1 rings (SSSR count). The molecule has 0 radical (unpaired) electrons. The summed E-state index contributed by atoms with van der Waals surface area (Å²) < 4.78 is 0. The minimum absolute atomic E-state index is 0. The number of anilines is 1. The molecule has 5 heteroatoms. The van der Waals surface area contributed by atoms with E-state index < -0.39 is 0 Å². The molecule has 0 fully saturated rings. The molecule has 0 aromatic carbocycles. The average molecular weight is 215 g/mol. The molecule has 80 valence electrons. The molecule has 0 aliphatic heterocycles. The highest BCUT2D eigenvalue weighted by molar-refractivity contribution is 7.14. The Morgan fingerprint density at radius 2 is 1.69 bits per heavy atom. The predicted octanol–water partition coefficient (Wildman–Crippen LogP) is 3.05. The Labute approximate surface area is 80.5 Å². The molecule has 13 heavy (non-hydrogen) atoms. The van der Waals surface area contributed by atoms with E-state index in [-0.39, 0.29) is 14.1 Å². The van der Waals surface area contributed by atoms with Gasteiger partial charge in [-0.05, 0) is 31.4 Å². The molecule has 0 spiro atoms. The number of nitrogens with zero attached hydrogens (tertiary/aromatic N) is 1. The molecule has 0 bridgehead atoms. The Balaban J connectivity index is -0.000000333. The van der Waals surface area contributed by atoms with E-state index in [0.29, 0.717) is 0 Å². The zero-order valence-corrected chi connectivity index (χ0v) is 8.54. The Kier molecular flexibility index (Phi) is 13.1. The van der Waals surface area contributed by atoms with Crippen LogP contribution in [0.5, 0.6) is 0 Å². The van der Waals surface area contributed by atoms with Crippen molar-refractivity contribution in [3.05, 3.63) is 17.5 Å². The first kappa shape index (κ1) is 18.2. The first-order chi connectivity index (χ1) is 4.88. The summed E-state index contributed by atoms with van der Waals surface area (Å²) in [7, 11) is 0. The molecule has 1 aromatic rings. The third-order valence-corrected chi connectivity index (χ3v) is 2.51. The van der Waals surface area contributed by atoms with E-state index in [1.165, 1.54) is 5.00 Å². The van der Waals surface area contributed by atoms with Crippen molar-refractivity contribution in [1.82, 2.24) is 0 Å². The maximum Gasteiger partial charge on any atom is 0.0908 e. The van der Waals surface area contributed by atoms with Crippen LogP contribution >= 0.6 is 11.3 Å². The Morgan fingerprint density at radius 3 is 2.00 bits per heavy atom. The molecule has 0 aliphatic rings. The summed E-state index contributed by atoms with van der Waals surface area (Å²) in [5, 5.41) is 3.50. The number of rotatable bonds is 3. The van der Waals surface area contributed by atoms with Crippen LogP contribution in [0.1, 0.15) is 13.8 Å². The van der Waals surface area contributed by atoms with E-state index in [1.807, 2.05) is 0 Å². The van der Waals surface area contributed by atoms with Crippen LogP contribution in [0.2, 0.25) is 0 Å². The van der Waals surface area contributed by atoms with Crippen molar-refractivity contribution in [3.8, 4) is 0 Å². The van der Waals surface area contributed by atoms with Gasteiger partial charge in [-0.15, -0.1) is 11.3 Å². The molecular formula is C8H16F3NS. The van der Waals surface area contributed by atoms with E-state index in [9.17, 15) is 0 Å². The standard InChI is InChI=1S/C8H13NS.3FH/c1-3-9(4-2)8-6-5-7-10-8;;;/h5-7H,3-4H2,1-2H3;3*1H. The van der Waals surface area contributed by atoms with Crippen LogP contribution in [-0.2, 0) is 0 Å². The first-order valence-electron chi connectivity index (χ1n) is 3.67. The van der Waals surface area contributed by atoms with Gasteiger partial charge in [0.2, 0.25) is 0 Å². The maximum atomic E-state index is 2.35. The van der Waals surface area contributed by atoms with Gasteiger partial charge in [-0.2, -0.15) is 0 Å². The minimum atomic E-state index is 0. The van der Waals surface area contributed by atoms with Crippen molar-refractivity contribution < 1.29 is 14.1 Å². The molecule has 0 amide bonds. The highest BCUT2D eigenvalue weighted by atomic mass is 32.1. The summed E-state index contributed by atoms with van der Waals surface area (Å²) >= 11 is 1.81. The lowest BCUT2D eigenvalue weighted by molar-refractivity contribution is 0.876. The monoisotopic (exact) mass is 215 g/mol. The van der Waals surface area contributed by atoms with Gasteiger partial charge in [-0.1, -0.05) is 0 Å². The number of hydrogen-bond donors (Lipinski definition) is 0. The van der Waals surface area contributed by atoms with Gasteiger partial charge in [-0.25, -0.2) is 0 Å². The van der Waals surface area contributed by atoms with Crippen LogP contribution in [0.3, 0.4) is 0 Å². The predicted molar refractivity (Wildman–Crippen MR) is 55.4 cm³/mol. The first-order valence-corrected chi connectivity index (χ1v) is 4.55. The summed E-state index contributed by atoms with van der Waals surface area (Å²) in [6.45, 7) is 6.58. The van der Waals surface area contributed by atoms with Crippen molar-refractivity contribution in [2.75, 3.05) is 18.0 Å². The van der Waals surface area contributed by atoms with Crippen LogP contribution in [0.25, 0.3) is 0 Å². The Hall–Kier alpha value is -0.710. The quantitative estimate of drug-likeness (QED) is 0.749. The van der Waals surface area contributed by atoms with Crippen LogP contribution in [0, 0.1) is 0 Å². The second-order valence-electron chi connectivity index (χ2n) is 2.12. The second-order valence-corrected chi connectivity index (χ2v) is 3.05. The minimum Gasteiger partial charge on any atom is -0.364 e. The van der Waals surface area contributed by atoms with E-state index in [1.54, 1.807) is 11.3 Å². The van der Waals surface area contributed by atoms with E-state index >= 15 is 0 Å². The summed E-state index contributed by atoms with van der Waals surface area (Å²) in [6, 6.07) is 4.26. The van der Waals surface area contributed by atoms with Gasteiger partial charge >= 0.3 is 0 Å². The Bertz CT molecular complexity index is 176. The van der Waals surface area contributed by atoms with Crippen molar-refractivity contribution in [3.63, 3.8) is 0 Å². The molecular weight excluding hydrogens is 199 g/mol. The van der Waals surface area contributed by atoms with E-state index in [2.05, 4.69) is 36.3 Å². The van der Waals surface area contributed by atoms with Gasteiger partial charge in [0.1, 0.15) is 0 Å². The molecule has 0 atom stereocenters. The van der Waals surface area contributed by atoms with Gasteiger partial charge in [0.05, 0.1) is 5.00 Å². The summed E-state index contributed by atoms with van der Waals surface area (Å²) in [4.78, 5) is 2.35. The fourth-order valence-corrected chi connectivity index (χ4v) is 1.85. The second kappa shape index (κ2) is 9.38. The third-order valence-electron chi connectivity index (χ3n) is 1.58. The van der Waals surface area contributed by atoms with Crippen LogP contribution in [-0.4, -0.2) is 13.1 Å². The molecule has 0 saturated carbocycles. The van der Waals surface area contributed by atoms with E-state index in [0.717, 1.165) is 13.1 Å². The summed E-state index contributed by atoms with van der Waals surface area (Å²) in [6.07, 6.45) is 0. The lowest BCUT2D eigenvalue weighted by Gasteiger charge is -2.17. The average Bonchev–Trinajstić information content (AvgIpc) is 2.43. The molecule has 0 saturated heterocycles. The maximum absolute atomic E-state index is 2.35. The van der Waals surface area contributed by atoms with Gasteiger partial charge in [0, 0.05) is 13.1 Å². The smallest absolute Gasteiger partial charge is 0.0908 e. The largest absolute Gasteiger partial charge is 0.364 e. The van der Waals surface area contributed by atoms with Gasteiger partial charge < -0.3 is 4.90 Å². The molecule has 1 aromatic heterocycles. The topological polar surface area (TPSA) is 3.24 Å². The van der Waals surface area contributed by atoms with Crippen LogP contribution in [0.4, 0.5) is 19.1 Å². The van der Waals surface area contributed by atoms with Crippen molar-refractivity contribution >= 4 is 16.3 Å². The summed E-state index contributed by atoms with van der Waals surface area (Å²) in [5.41, 5.74) is 0. The third kappa shape index (κ3) is 4.77. The van der Waals surface area contributed by atoms with E-state index in [4.69, 9.17) is 0 Å². The molecule has 0 aliphatic carbocycles. The van der Waals surface area contributed by atoms with Crippen molar-refractivity contribution in [2.24, 2.45) is 0 Å². The Morgan fingerprint density at radius 1 is 1.15 bits per heavy atom. The lowest BCUT2D eigenvalue weighted by Crippen LogP contribution is -2.20. The van der Waals surface area contributed by atoms with Gasteiger partial charge in [-0.3, -0.25) is 14.1 Å². The fourth-order valence-electron chi connectivity index (χ4n) is 0.985. The van der Waals surface area contributed by atoms with Crippen LogP contribution in [0.15, 0.2) is 17.5 Å². The fraction of sp³-hybridized carbons (Fsp3) is 0.500. The number of hydrogen-bond acceptors (Lipinski definition) is 2. The van der Waals surface area contributed by atoms with Crippen molar-refractivity contribution in [2.45, 2.75) is 13.8 Å². The number of halogens is 3. The lowest BCUT2D eigenvalue weighted by atomic mass is 10.5. The number of thiophene rings is 1. The van der Waals surface area contributed by atoms with Gasteiger partial charge in [0.25, 0.3) is 0 Å². The SMILES string of the molecule is CCN(CC)c1cccs1.F.F.F. The van der Waals surface area contributed by atoms with Gasteiger partial charge in [0.15, 0.2) is 0 Å². The molecule has 0 unspecified atom stereocenters. The normalized spacial score (nSPS) is 7.54.